The van der Waals surface area contributed by atoms with Crippen LogP contribution in [0.3, 0.4) is 0 Å². The lowest BCUT2D eigenvalue weighted by molar-refractivity contribution is 0.781. The summed E-state index contributed by atoms with van der Waals surface area (Å²) in [5.41, 5.74) is 1.17. The predicted octanol–water partition coefficient (Wildman–Crippen LogP) is 3.22. The monoisotopic (exact) mass is 179 g/mol. The summed E-state index contributed by atoms with van der Waals surface area (Å²) in [7, 11) is 0. The Labute approximate surface area is 81.1 Å². The highest BCUT2D eigenvalue weighted by Crippen LogP contribution is 2.14. The topological polar surface area (TPSA) is 26.5 Å². The first-order chi connectivity index (χ1) is 6.36. The lowest BCUT2D eigenvalue weighted by Crippen LogP contribution is -2.04. The van der Waals surface area contributed by atoms with Gasteiger partial charge in [0.05, 0.1) is 11.9 Å². The van der Waals surface area contributed by atoms with Crippen molar-refractivity contribution in [1.29, 1.82) is 0 Å². The van der Waals surface area contributed by atoms with Crippen LogP contribution in [-0.4, -0.2) is 5.84 Å². The fourth-order valence-electron chi connectivity index (χ4n) is 1.31. The van der Waals surface area contributed by atoms with Crippen molar-refractivity contribution in [3.8, 4) is 0 Å². The Hall–Kier alpha value is -0.790. The SMILES string of the molecule is CCCCC1=C[N]C(CCCC)=N1. The van der Waals surface area contributed by atoms with E-state index in [9.17, 15) is 0 Å². The van der Waals surface area contributed by atoms with Gasteiger partial charge in [0.15, 0.2) is 0 Å². The summed E-state index contributed by atoms with van der Waals surface area (Å²) in [5.74, 6) is 1.04. The number of hydrogen-bond acceptors (Lipinski definition) is 1. The Kier molecular flexibility index (Phi) is 4.58. The van der Waals surface area contributed by atoms with Gasteiger partial charge >= 0.3 is 0 Å². The molecule has 0 aromatic carbocycles. The number of amidine groups is 1. The van der Waals surface area contributed by atoms with Crippen molar-refractivity contribution in [2.45, 2.75) is 52.4 Å². The van der Waals surface area contributed by atoms with E-state index in [2.05, 4.69) is 24.2 Å². The van der Waals surface area contributed by atoms with Gasteiger partial charge in [0.25, 0.3) is 0 Å². The van der Waals surface area contributed by atoms with E-state index in [-0.39, 0.29) is 0 Å². The fourth-order valence-corrected chi connectivity index (χ4v) is 1.31. The Morgan fingerprint density at radius 3 is 2.46 bits per heavy atom. The lowest BCUT2D eigenvalue weighted by atomic mass is 10.2. The van der Waals surface area contributed by atoms with Crippen molar-refractivity contribution in [2.24, 2.45) is 4.99 Å². The molecule has 0 saturated carbocycles. The molecule has 1 aliphatic heterocycles. The first kappa shape index (κ1) is 10.3. The Balaban J connectivity index is 2.24. The van der Waals surface area contributed by atoms with Crippen LogP contribution in [0.5, 0.6) is 0 Å². The third kappa shape index (κ3) is 3.62. The molecule has 1 radical (unpaired) electrons. The van der Waals surface area contributed by atoms with Crippen molar-refractivity contribution in [2.75, 3.05) is 0 Å². The van der Waals surface area contributed by atoms with E-state index < -0.39 is 0 Å². The summed E-state index contributed by atoms with van der Waals surface area (Å²) in [4.78, 5) is 4.47. The van der Waals surface area contributed by atoms with Gasteiger partial charge in [-0.05, 0) is 19.3 Å². The molecule has 0 unspecified atom stereocenters. The summed E-state index contributed by atoms with van der Waals surface area (Å²) in [6.45, 7) is 4.40. The van der Waals surface area contributed by atoms with E-state index in [1.807, 2.05) is 6.20 Å². The first-order valence-corrected chi connectivity index (χ1v) is 5.34. The highest BCUT2D eigenvalue weighted by molar-refractivity contribution is 5.85. The van der Waals surface area contributed by atoms with Crippen LogP contribution in [0.1, 0.15) is 52.4 Å². The van der Waals surface area contributed by atoms with E-state index in [4.69, 9.17) is 0 Å². The smallest absolute Gasteiger partial charge is 0.128 e. The highest BCUT2D eigenvalue weighted by atomic mass is 15.0. The van der Waals surface area contributed by atoms with Gasteiger partial charge in [-0.1, -0.05) is 26.7 Å². The maximum absolute atomic E-state index is 4.47. The standard InChI is InChI=1S/C11H19N2/c1-3-5-7-10-9-12-11(13-10)8-6-4-2/h9H,3-8H2,1-2H3. The predicted molar refractivity (Wildman–Crippen MR) is 56.7 cm³/mol. The Bertz CT molecular complexity index is 204. The van der Waals surface area contributed by atoms with Crippen molar-refractivity contribution in [3.05, 3.63) is 11.9 Å². The Morgan fingerprint density at radius 1 is 1.08 bits per heavy atom. The minimum atomic E-state index is 1.04. The van der Waals surface area contributed by atoms with Crippen LogP contribution < -0.4 is 5.32 Å². The number of allylic oxidation sites excluding steroid dienone is 1. The average Bonchev–Trinajstić information content (AvgIpc) is 2.59. The van der Waals surface area contributed by atoms with Crippen molar-refractivity contribution < 1.29 is 0 Å². The molecule has 0 fully saturated rings. The van der Waals surface area contributed by atoms with Gasteiger partial charge in [-0.3, -0.25) is 0 Å². The van der Waals surface area contributed by atoms with Crippen LogP contribution in [0.2, 0.25) is 0 Å². The molecule has 0 spiro atoms. The summed E-state index contributed by atoms with van der Waals surface area (Å²) >= 11 is 0. The Morgan fingerprint density at radius 2 is 1.77 bits per heavy atom. The number of unbranched alkanes of at least 4 members (excludes halogenated alkanes) is 2. The molecular formula is C11H19N2. The molecule has 13 heavy (non-hydrogen) atoms. The van der Waals surface area contributed by atoms with Crippen LogP contribution in [-0.2, 0) is 0 Å². The minimum absolute atomic E-state index is 1.04. The number of rotatable bonds is 6. The third-order valence-corrected chi connectivity index (χ3v) is 2.18. The normalized spacial score (nSPS) is 15.2. The van der Waals surface area contributed by atoms with E-state index in [1.165, 1.54) is 31.4 Å². The molecule has 73 valence electrons. The number of hydrogen-bond donors (Lipinski definition) is 0. The van der Waals surface area contributed by atoms with Gasteiger partial charge in [-0.25, -0.2) is 10.3 Å². The first-order valence-electron chi connectivity index (χ1n) is 5.34. The van der Waals surface area contributed by atoms with Gasteiger partial charge in [-0.2, -0.15) is 0 Å². The zero-order valence-electron chi connectivity index (χ0n) is 8.71. The molecule has 1 rings (SSSR count). The second kappa shape index (κ2) is 5.79. The molecule has 0 saturated heterocycles. The van der Waals surface area contributed by atoms with Crippen LogP contribution in [0.4, 0.5) is 0 Å². The summed E-state index contributed by atoms with van der Waals surface area (Å²) in [6.07, 6.45) is 8.96. The summed E-state index contributed by atoms with van der Waals surface area (Å²) in [5, 5.41) is 4.30. The van der Waals surface area contributed by atoms with Gasteiger partial charge < -0.3 is 0 Å². The van der Waals surface area contributed by atoms with Crippen LogP contribution in [0, 0.1) is 0 Å². The maximum Gasteiger partial charge on any atom is 0.128 e. The molecule has 1 aliphatic rings. The lowest BCUT2D eigenvalue weighted by Gasteiger charge is -1.96. The van der Waals surface area contributed by atoms with Crippen molar-refractivity contribution in [1.82, 2.24) is 5.32 Å². The quantitative estimate of drug-likeness (QED) is 0.598. The molecule has 0 bridgehead atoms. The van der Waals surface area contributed by atoms with E-state index in [0.717, 1.165) is 18.7 Å². The fraction of sp³-hybridized carbons (Fsp3) is 0.727. The van der Waals surface area contributed by atoms with Gasteiger partial charge in [0, 0.05) is 6.42 Å². The zero-order valence-corrected chi connectivity index (χ0v) is 8.71. The zero-order chi connectivity index (χ0) is 9.52. The molecule has 0 aliphatic carbocycles. The third-order valence-electron chi connectivity index (χ3n) is 2.18. The second-order valence-electron chi connectivity index (χ2n) is 3.48. The van der Waals surface area contributed by atoms with Gasteiger partial charge in [-0.15, -0.1) is 0 Å². The van der Waals surface area contributed by atoms with Crippen molar-refractivity contribution in [3.63, 3.8) is 0 Å². The van der Waals surface area contributed by atoms with E-state index in [1.54, 1.807) is 0 Å². The minimum Gasteiger partial charge on any atom is -0.240 e. The number of aliphatic imine (C=N–C) groups is 1. The molecule has 0 N–H and O–H groups in total. The van der Waals surface area contributed by atoms with Gasteiger partial charge in [0.2, 0.25) is 0 Å². The van der Waals surface area contributed by atoms with Gasteiger partial charge in [0.1, 0.15) is 5.84 Å². The summed E-state index contributed by atoms with van der Waals surface area (Å²) < 4.78 is 0. The molecule has 2 nitrogen and oxygen atoms in total. The molecular weight excluding hydrogens is 160 g/mol. The van der Waals surface area contributed by atoms with Crippen LogP contribution in [0.25, 0.3) is 0 Å². The average molecular weight is 179 g/mol. The molecule has 2 heteroatoms. The maximum atomic E-state index is 4.47. The largest absolute Gasteiger partial charge is 0.240 e. The second-order valence-corrected chi connectivity index (χ2v) is 3.48. The van der Waals surface area contributed by atoms with E-state index >= 15 is 0 Å². The summed E-state index contributed by atoms with van der Waals surface area (Å²) in [6, 6.07) is 0. The van der Waals surface area contributed by atoms with Crippen molar-refractivity contribution >= 4 is 5.84 Å². The molecule has 0 aromatic rings. The molecule has 0 aromatic heterocycles. The highest BCUT2D eigenvalue weighted by Gasteiger charge is 2.07. The number of nitrogens with zero attached hydrogens (tertiary/aromatic N) is 2. The van der Waals surface area contributed by atoms with E-state index in [0.29, 0.717) is 0 Å². The van der Waals surface area contributed by atoms with Crippen LogP contribution in [0.15, 0.2) is 16.9 Å². The molecule has 0 amide bonds. The molecule has 0 atom stereocenters. The van der Waals surface area contributed by atoms with Crippen LogP contribution >= 0.6 is 0 Å². The molecule has 1 heterocycles.